The maximum atomic E-state index is 11.8. The fourth-order valence-electron chi connectivity index (χ4n) is 1.84. The first-order chi connectivity index (χ1) is 9.52. The molecule has 0 radical (unpaired) electrons. The number of carboxylic acids is 1. The van der Waals surface area contributed by atoms with Gasteiger partial charge in [-0.2, -0.15) is 0 Å². The second kappa shape index (κ2) is 5.75. The second-order valence-electron chi connectivity index (χ2n) is 4.06. The number of hydrogen-bond acceptors (Lipinski definition) is 3. The van der Waals surface area contributed by atoms with Crippen molar-refractivity contribution in [2.45, 2.75) is 0 Å². The highest BCUT2D eigenvalue weighted by molar-refractivity contribution is 6.30. The molecule has 0 bridgehead atoms. The molecule has 0 fully saturated rings. The average Bonchev–Trinajstić information content (AvgIpc) is 2.46. The second-order valence-corrected chi connectivity index (χ2v) is 4.50. The summed E-state index contributed by atoms with van der Waals surface area (Å²) in [4.78, 5) is 22.8. The Balaban J connectivity index is 2.59. The Morgan fingerprint density at radius 2 is 1.75 bits per heavy atom. The van der Waals surface area contributed by atoms with Crippen LogP contribution in [0.15, 0.2) is 42.5 Å². The van der Waals surface area contributed by atoms with Crippen molar-refractivity contribution in [3.8, 4) is 11.1 Å². The molecule has 0 aliphatic heterocycles. The van der Waals surface area contributed by atoms with Crippen LogP contribution >= 0.6 is 11.6 Å². The van der Waals surface area contributed by atoms with Crippen LogP contribution in [0.3, 0.4) is 0 Å². The van der Waals surface area contributed by atoms with E-state index in [1.807, 2.05) is 0 Å². The topological polar surface area (TPSA) is 63.6 Å². The lowest BCUT2D eigenvalue weighted by atomic mass is 9.97. The molecule has 20 heavy (non-hydrogen) atoms. The van der Waals surface area contributed by atoms with Gasteiger partial charge < -0.3 is 9.84 Å². The highest BCUT2D eigenvalue weighted by atomic mass is 35.5. The molecule has 0 unspecified atom stereocenters. The van der Waals surface area contributed by atoms with E-state index in [1.54, 1.807) is 30.3 Å². The first-order valence-electron chi connectivity index (χ1n) is 5.74. The van der Waals surface area contributed by atoms with Crippen LogP contribution in [-0.4, -0.2) is 24.2 Å². The number of carbonyl (C=O) groups excluding carboxylic acids is 1. The number of ether oxygens (including phenoxy) is 1. The molecular formula is C15H11ClO4. The summed E-state index contributed by atoms with van der Waals surface area (Å²) in [7, 11) is 1.25. The van der Waals surface area contributed by atoms with Gasteiger partial charge in [-0.25, -0.2) is 9.59 Å². The number of methoxy groups -OCH3 is 1. The Labute approximate surface area is 120 Å². The molecule has 0 aromatic heterocycles. The van der Waals surface area contributed by atoms with Gasteiger partial charge in [0.25, 0.3) is 0 Å². The lowest BCUT2D eigenvalue weighted by Gasteiger charge is -2.09. The van der Waals surface area contributed by atoms with Gasteiger partial charge in [0.05, 0.1) is 18.2 Å². The number of carboxylic acid groups (broad SMARTS) is 1. The van der Waals surface area contributed by atoms with Crippen LogP contribution in [0.2, 0.25) is 5.02 Å². The summed E-state index contributed by atoms with van der Waals surface area (Å²) in [5, 5.41) is 9.57. The van der Waals surface area contributed by atoms with Crippen LogP contribution < -0.4 is 0 Å². The zero-order chi connectivity index (χ0) is 14.7. The zero-order valence-corrected chi connectivity index (χ0v) is 11.3. The third-order valence-electron chi connectivity index (χ3n) is 2.83. The molecule has 4 nitrogen and oxygen atoms in total. The Morgan fingerprint density at radius 1 is 1.10 bits per heavy atom. The smallest absolute Gasteiger partial charge is 0.338 e. The van der Waals surface area contributed by atoms with Crippen molar-refractivity contribution in [3.05, 3.63) is 58.6 Å². The van der Waals surface area contributed by atoms with Gasteiger partial charge >= 0.3 is 11.9 Å². The molecule has 0 aliphatic carbocycles. The first kappa shape index (κ1) is 14.1. The van der Waals surface area contributed by atoms with Gasteiger partial charge in [0.1, 0.15) is 0 Å². The van der Waals surface area contributed by atoms with Crippen LogP contribution in [0.25, 0.3) is 11.1 Å². The SMILES string of the molecule is COC(=O)c1cc(C(=O)O)ccc1-c1ccc(Cl)cc1. The Kier molecular flexibility index (Phi) is 4.05. The van der Waals surface area contributed by atoms with Gasteiger partial charge in [-0.05, 0) is 35.4 Å². The highest BCUT2D eigenvalue weighted by Crippen LogP contribution is 2.27. The van der Waals surface area contributed by atoms with Gasteiger partial charge in [-0.3, -0.25) is 0 Å². The Morgan fingerprint density at radius 3 is 2.30 bits per heavy atom. The normalized spacial score (nSPS) is 10.1. The lowest BCUT2D eigenvalue weighted by Crippen LogP contribution is -2.06. The van der Waals surface area contributed by atoms with Crippen LogP contribution in [0.4, 0.5) is 0 Å². The van der Waals surface area contributed by atoms with Crippen LogP contribution in [0.1, 0.15) is 20.7 Å². The molecule has 2 aromatic rings. The van der Waals surface area contributed by atoms with E-state index in [2.05, 4.69) is 0 Å². The molecule has 0 aliphatic rings. The summed E-state index contributed by atoms with van der Waals surface area (Å²) in [6.07, 6.45) is 0. The molecule has 5 heteroatoms. The number of hydrogen-bond donors (Lipinski definition) is 1. The number of rotatable bonds is 3. The van der Waals surface area contributed by atoms with Gasteiger partial charge in [0.15, 0.2) is 0 Å². The summed E-state index contributed by atoms with van der Waals surface area (Å²) in [5.41, 5.74) is 1.59. The molecule has 0 saturated carbocycles. The monoisotopic (exact) mass is 290 g/mol. The molecule has 1 N–H and O–H groups in total. The molecule has 2 aromatic carbocycles. The van der Waals surface area contributed by atoms with E-state index in [1.165, 1.54) is 19.2 Å². The predicted molar refractivity (Wildman–Crippen MR) is 75.2 cm³/mol. The van der Waals surface area contributed by atoms with Crippen LogP contribution in [0, 0.1) is 0 Å². The summed E-state index contributed by atoms with van der Waals surface area (Å²) in [6, 6.07) is 11.2. The summed E-state index contributed by atoms with van der Waals surface area (Å²) in [6.45, 7) is 0. The van der Waals surface area contributed by atoms with Crippen molar-refractivity contribution < 1.29 is 19.4 Å². The number of carbonyl (C=O) groups is 2. The fourth-order valence-corrected chi connectivity index (χ4v) is 1.96. The quantitative estimate of drug-likeness (QED) is 0.879. The molecule has 102 valence electrons. The summed E-state index contributed by atoms with van der Waals surface area (Å²) < 4.78 is 4.70. The van der Waals surface area contributed by atoms with Gasteiger partial charge in [0.2, 0.25) is 0 Å². The predicted octanol–water partition coefficient (Wildman–Crippen LogP) is 3.49. The molecular weight excluding hydrogens is 280 g/mol. The van der Waals surface area contributed by atoms with Crippen molar-refractivity contribution in [1.82, 2.24) is 0 Å². The number of esters is 1. The summed E-state index contributed by atoms with van der Waals surface area (Å²) >= 11 is 5.83. The Bertz CT molecular complexity index is 662. The van der Waals surface area contributed by atoms with E-state index in [0.717, 1.165) is 5.56 Å². The van der Waals surface area contributed by atoms with E-state index in [-0.39, 0.29) is 11.1 Å². The fraction of sp³-hybridized carbons (Fsp3) is 0.0667. The van der Waals surface area contributed by atoms with Crippen LogP contribution in [0.5, 0.6) is 0 Å². The van der Waals surface area contributed by atoms with Gasteiger partial charge in [-0.15, -0.1) is 0 Å². The largest absolute Gasteiger partial charge is 0.478 e. The van der Waals surface area contributed by atoms with Crippen molar-refractivity contribution >= 4 is 23.5 Å². The van der Waals surface area contributed by atoms with E-state index in [4.69, 9.17) is 21.4 Å². The molecule has 0 saturated heterocycles. The molecule has 0 spiro atoms. The van der Waals surface area contributed by atoms with E-state index < -0.39 is 11.9 Å². The molecule has 0 heterocycles. The highest BCUT2D eigenvalue weighted by Gasteiger charge is 2.16. The standard InChI is InChI=1S/C15H11ClO4/c1-20-15(19)13-8-10(14(17)18)4-7-12(13)9-2-5-11(16)6-3-9/h2-8H,1H3,(H,17,18). The van der Waals surface area contributed by atoms with E-state index in [0.29, 0.717) is 10.6 Å². The third-order valence-corrected chi connectivity index (χ3v) is 3.08. The molecule has 0 amide bonds. The van der Waals surface area contributed by atoms with Gasteiger partial charge in [0, 0.05) is 5.02 Å². The zero-order valence-electron chi connectivity index (χ0n) is 10.6. The number of aromatic carboxylic acids is 1. The minimum atomic E-state index is -1.10. The third kappa shape index (κ3) is 2.81. The maximum absolute atomic E-state index is 11.8. The van der Waals surface area contributed by atoms with Crippen molar-refractivity contribution in [1.29, 1.82) is 0 Å². The van der Waals surface area contributed by atoms with Crippen molar-refractivity contribution in [2.75, 3.05) is 7.11 Å². The van der Waals surface area contributed by atoms with Gasteiger partial charge in [-0.1, -0.05) is 29.8 Å². The molecule has 0 atom stereocenters. The number of benzene rings is 2. The van der Waals surface area contributed by atoms with Crippen molar-refractivity contribution in [3.63, 3.8) is 0 Å². The Hall–Kier alpha value is -2.33. The lowest BCUT2D eigenvalue weighted by molar-refractivity contribution is 0.0601. The molecule has 2 rings (SSSR count). The maximum Gasteiger partial charge on any atom is 0.338 e. The average molecular weight is 291 g/mol. The van der Waals surface area contributed by atoms with E-state index >= 15 is 0 Å². The summed E-state index contributed by atoms with van der Waals surface area (Å²) in [5.74, 6) is -1.68. The van der Waals surface area contributed by atoms with Crippen molar-refractivity contribution in [2.24, 2.45) is 0 Å². The first-order valence-corrected chi connectivity index (χ1v) is 6.12. The minimum Gasteiger partial charge on any atom is -0.478 e. The number of halogens is 1. The van der Waals surface area contributed by atoms with Crippen LogP contribution in [-0.2, 0) is 4.74 Å². The van der Waals surface area contributed by atoms with E-state index in [9.17, 15) is 9.59 Å². The minimum absolute atomic E-state index is 0.0307.